The van der Waals surface area contributed by atoms with Crippen LogP contribution in [0.1, 0.15) is 23.1 Å². The van der Waals surface area contributed by atoms with Crippen LogP contribution in [0.15, 0.2) is 0 Å². The first-order valence-electron chi connectivity index (χ1n) is 4.93. The Kier molecular flexibility index (Phi) is 3.79. The molecule has 1 heterocycles. The van der Waals surface area contributed by atoms with Crippen LogP contribution in [0.4, 0.5) is 0 Å². The number of rotatable bonds is 5. The van der Waals surface area contributed by atoms with Gasteiger partial charge in [-0.2, -0.15) is 0 Å². The second-order valence-electron chi connectivity index (χ2n) is 3.63. The molecule has 0 aliphatic carbocycles. The normalized spacial score (nSPS) is 10.9. The zero-order valence-electron chi connectivity index (χ0n) is 9.40. The van der Waals surface area contributed by atoms with Crippen molar-refractivity contribution in [1.82, 2.24) is 19.9 Å². The van der Waals surface area contributed by atoms with E-state index in [0.29, 0.717) is 6.42 Å². The summed E-state index contributed by atoms with van der Waals surface area (Å²) in [5, 5.41) is 7.70. The molecule has 1 aromatic rings. The molecule has 0 unspecified atom stereocenters. The van der Waals surface area contributed by atoms with Gasteiger partial charge in [0.15, 0.2) is 5.69 Å². The molecule has 0 radical (unpaired) electrons. The second kappa shape index (κ2) is 4.88. The minimum absolute atomic E-state index is 0.288. The molecule has 2 N–H and O–H groups in total. The van der Waals surface area contributed by atoms with Crippen LogP contribution in [0, 0.1) is 0 Å². The largest absolute Gasteiger partial charge is 0.364 e. The number of primary amides is 1. The first kappa shape index (κ1) is 11.6. The minimum Gasteiger partial charge on any atom is -0.364 e. The first-order valence-corrected chi connectivity index (χ1v) is 4.93. The third-order valence-electron chi connectivity index (χ3n) is 2.16. The van der Waals surface area contributed by atoms with Crippen LogP contribution in [-0.4, -0.2) is 46.4 Å². The Labute approximate surface area is 89.0 Å². The van der Waals surface area contributed by atoms with E-state index >= 15 is 0 Å². The molecule has 1 amide bonds. The van der Waals surface area contributed by atoms with Gasteiger partial charge < -0.3 is 10.6 Å². The molecule has 1 aromatic heterocycles. The Hall–Kier alpha value is -1.43. The molecule has 0 spiro atoms. The summed E-state index contributed by atoms with van der Waals surface area (Å²) in [4.78, 5) is 13.1. The van der Waals surface area contributed by atoms with Gasteiger partial charge in [-0.05, 0) is 20.5 Å². The smallest absolute Gasteiger partial charge is 0.271 e. The maximum absolute atomic E-state index is 11.0. The topological polar surface area (TPSA) is 77.0 Å². The number of carbonyl (C=O) groups is 1. The Morgan fingerprint density at radius 1 is 1.53 bits per heavy atom. The maximum Gasteiger partial charge on any atom is 0.271 e. The lowest BCUT2D eigenvalue weighted by Crippen LogP contribution is -2.21. The average molecular weight is 211 g/mol. The highest BCUT2D eigenvalue weighted by molar-refractivity contribution is 5.91. The van der Waals surface area contributed by atoms with E-state index in [-0.39, 0.29) is 5.69 Å². The summed E-state index contributed by atoms with van der Waals surface area (Å²) >= 11 is 0. The predicted molar refractivity (Wildman–Crippen MR) is 56.5 cm³/mol. The summed E-state index contributed by atoms with van der Waals surface area (Å²) in [6.45, 7) is 3.53. The van der Waals surface area contributed by atoms with E-state index in [1.807, 2.05) is 25.9 Å². The molecule has 6 heteroatoms. The molecule has 0 aliphatic rings. The Morgan fingerprint density at radius 3 is 2.67 bits per heavy atom. The van der Waals surface area contributed by atoms with E-state index in [2.05, 4.69) is 10.3 Å². The molecule has 6 nitrogen and oxygen atoms in total. The summed E-state index contributed by atoms with van der Waals surface area (Å²) in [5.41, 5.74) is 6.29. The third kappa shape index (κ3) is 2.76. The summed E-state index contributed by atoms with van der Waals surface area (Å²) < 4.78 is 1.74. The quantitative estimate of drug-likeness (QED) is 0.712. The van der Waals surface area contributed by atoms with Crippen LogP contribution in [0.3, 0.4) is 0 Å². The maximum atomic E-state index is 11.0. The Bertz CT molecular complexity index is 344. The fourth-order valence-electron chi connectivity index (χ4n) is 1.35. The highest BCUT2D eigenvalue weighted by Gasteiger charge is 2.15. The van der Waals surface area contributed by atoms with E-state index < -0.39 is 5.91 Å². The van der Waals surface area contributed by atoms with Crippen molar-refractivity contribution < 1.29 is 4.79 Å². The fourth-order valence-corrected chi connectivity index (χ4v) is 1.35. The average Bonchev–Trinajstić information content (AvgIpc) is 2.57. The van der Waals surface area contributed by atoms with Gasteiger partial charge in [0.2, 0.25) is 0 Å². The van der Waals surface area contributed by atoms with Gasteiger partial charge in [0.05, 0.1) is 12.2 Å². The van der Waals surface area contributed by atoms with Crippen molar-refractivity contribution in [3.05, 3.63) is 11.4 Å². The molecule has 0 aromatic carbocycles. The van der Waals surface area contributed by atoms with Gasteiger partial charge in [-0.1, -0.05) is 12.1 Å². The number of aromatic nitrogens is 3. The van der Waals surface area contributed by atoms with Gasteiger partial charge in [0, 0.05) is 6.54 Å². The van der Waals surface area contributed by atoms with Gasteiger partial charge in [0.1, 0.15) is 0 Å². The molecule has 0 fully saturated rings. The third-order valence-corrected chi connectivity index (χ3v) is 2.16. The van der Waals surface area contributed by atoms with Crippen molar-refractivity contribution in [3.63, 3.8) is 0 Å². The van der Waals surface area contributed by atoms with E-state index in [1.165, 1.54) is 0 Å². The van der Waals surface area contributed by atoms with Crippen LogP contribution in [0.2, 0.25) is 0 Å². The first-order chi connectivity index (χ1) is 7.06. The molecular weight excluding hydrogens is 194 g/mol. The van der Waals surface area contributed by atoms with Crippen molar-refractivity contribution in [2.45, 2.75) is 19.9 Å². The number of hydrogen-bond acceptors (Lipinski definition) is 4. The van der Waals surface area contributed by atoms with Gasteiger partial charge >= 0.3 is 0 Å². The zero-order valence-corrected chi connectivity index (χ0v) is 9.40. The van der Waals surface area contributed by atoms with Crippen molar-refractivity contribution in [2.24, 2.45) is 5.73 Å². The fraction of sp³-hybridized carbons (Fsp3) is 0.667. The van der Waals surface area contributed by atoms with Crippen molar-refractivity contribution in [2.75, 3.05) is 20.6 Å². The van der Waals surface area contributed by atoms with Crippen LogP contribution >= 0.6 is 0 Å². The molecule has 0 saturated heterocycles. The summed E-state index contributed by atoms with van der Waals surface area (Å²) in [7, 11) is 3.97. The highest BCUT2D eigenvalue weighted by atomic mass is 16.1. The molecule has 84 valence electrons. The summed E-state index contributed by atoms with van der Waals surface area (Å²) in [6, 6.07) is 0. The SMILES string of the molecule is CCc1c(C(N)=O)nnn1CCN(C)C. The van der Waals surface area contributed by atoms with Crippen LogP contribution in [-0.2, 0) is 13.0 Å². The standard InChI is InChI=1S/C9H17N5O/c1-4-7-8(9(10)15)11-12-14(7)6-5-13(2)3/h4-6H2,1-3H3,(H2,10,15). The van der Waals surface area contributed by atoms with E-state index in [9.17, 15) is 4.79 Å². The lowest BCUT2D eigenvalue weighted by molar-refractivity contribution is 0.0994. The number of hydrogen-bond donors (Lipinski definition) is 1. The van der Waals surface area contributed by atoms with Gasteiger partial charge in [-0.15, -0.1) is 5.10 Å². The number of nitrogens with two attached hydrogens (primary N) is 1. The second-order valence-corrected chi connectivity index (χ2v) is 3.63. The van der Waals surface area contributed by atoms with Crippen molar-refractivity contribution in [1.29, 1.82) is 0 Å². The van der Waals surface area contributed by atoms with Crippen LogP contribution in [0.5, 0.6) is 0 Å². The van der Waals surface area contributed by atoms with Crippen molar-refractivity contribution >= 4 is 5.91 Å². The van der Waals surface area contributed by atoms with Gasteiger partial charge in [0.25, 0.3) is 5.91 Å². The zero-order chi connectivity index (χ0) is 11.4. The van der Waals surface area contributed by atoms with E-state index in [1.54, 1.807) is 4.68 Å². The van der Waals surface area contributed by atoms with Gasteiger partial charge in [-0.25, -0.2) is 4.68 Å². The predicted octanol–water partition coefficient (Wildman–Crippen LogP) is -0.499. The molecule has 0 atom stereocenters. The van der Waals surface area contributed by atoms with Crippen LogP contribution < -0.4 is 5.73 Å². The molecule has 1 rings (SSSR count). The summed E-state index contributed by atoms with van der Waals surface area (Å²) in [6.07, 6.45) is 0.707. The number of amides is 1. The van der Waals surface area contributed by atoms with E-state index in [4.69, 9.17) is 5.73 Å². The number of likely N-dealkylation sites (N-methyl/N-ethyl adjacent to an activating group) is 1. The number of nitrogens with zero attached hydrogens (tertiary/aromatic N) is 4. The monoisotopic (exact) mass is 211 g/mol. The number of carbonyl (C=O) groups excluding carboxylic acids is 1. The van der Waals surface area contributed by atoms with Crippen molar-refractivity contribution in [3.8, 4) is 0 Å². The molecular formula is C9H17N5O. The molecule has 0 saturated carbocycles. The van der Waals surface area contributed by atoms with Crippen LogP contribution in [0.25, 0.3) is 0 Å². The highest BCUT2D eigenvalue weighted by Crippen LogP contribution is 2.05. The lowest BCUT2D eigenvalue weighted by Gasteiger charge is -2.10. The van der Waals surface area contributed by atoms with Gasteiger partial charge in [-0.3, -0.25) is 4.79 Å². The Balaban J connectivity index is 2.84. The molecule has 0 bridgehead atoms. The van der Waals surface area contributed by atoms with E-state index in [0.717, 1.165) is 18.8 Å². The minimum atomic E-state index is -0.511. The lowest BCUT2D eigenvalue weighted by atomic mass is 10.2. The molecule has 15 heavy (non-hydrogen) atoms. The molecule has 0 aliphatic heterocycles. The summed E-state index contributed by atoms with van der Waals surface area (Å²) in [5.74, 6) is -0.511. The Morgan fingerprint density at radius 2 is 2.20 bits per heavy atom.